The van der Waals surface area contributed by atoms with Crippen LogP contribution in [0.2, 0.25) is 5.02 Å². The third-order valence-corrected chi connectivity index (χ3v) is 10.5. The number of halogens is 1. The van der Waals surface area contributed by atoms with Crippen molar-refractivity contribution in [3.05, 3.63) is 77.3 Å². The highest BCUT2D eigenvalue weighted by molar-refractivity contribution is 7.92. The number of sulfonamides is 2. The highest BCUT2D eigenvalue weighted by atomic mass is 35.5. The van der Waals surface area contributed by atoms with Crippen molar-refractivity contribution in [3.63, 3.8) is 0 Å². The van der Waals surface area contributed by atoms with Crippen molar-refractivity contribution >= 4 is 48.9 Å². The molecule has 0 unspecified atom stereocenters. The SMILES string of the molecule is COc1ccc(S(=O)(=O)N2CCCCC2)cc1NC(=O)CN(c1ccc(C)c(Cl)c1)S(=O)(=O)c1ccccc1. The van der Waals surface area contributed by atoms with Gasteiger partial charge in [0, 0.05) is 18.1 Å². The van der Waals surface area contributed by atoms with Gasteiger partial charge in [0.1, 0.15) is 12.3 Å². The fourth-order valence-electron chi connectivity index (χ4n) is 4.29. The average Bonchev–Trinajstić information content (AvgIpc) is 2.94. The molecule has 0 aromatic heterocycles. The summed E-state index contributed by atoms with van der Waals surface area (Å²) in [5, 5.41) is 2.99. The van der Waals surface area contributed by atoms with Crippen molar-refractivity contribution in [1.29, 1.82) is 0 Å². The van der Waals surface area contributed by atoms with Crippen LogP contribution < -0.4 is 14.4 Å². The lowest BCUT2D eigenvalue weighted by Gasteiger charge is -2.26. The number of nitrogens with zero attached hydrogens (tertiary/aromatic N) is 2. The molecule has 0 bridgehead atoms. The summed E-state index contributed by atoms with van der Waals surface area (Å²) < 4.78 is 61.3. The second kappa shape index (κ2) is 12.0. The molecule has 12 heteroatoms. The number of carbonyl (C=O) groups is 1. The first kappa shape index (κ1) is 28.9. The van der Waals surface area contributed by atoms with E-state index in [1.807, 2.05) is 0 Å². The van der Waals surface area contributed by atoms with Crippen LogP contribution >= 0.6 is 11.6 Å². The molecule has 208 valence electrons. The van der Waals surface area contributed by atoms with Crippen molar-refractivity contribution < 1.29 is 26.4 Å². The number of piperidine rings is 1. The van der Waals surface area contributed by atoms with E-state index in [0.29, 0.717) is 18.1 Å². The Morgan fingerprint density at radius 2 is 1.64 bits per heavy atom. The molecule has 1 heterocycles. The Morgan fingerprint density at radius 1 is 0.949 bits per heavy atom. The maximum absolute atomic E-state index is 13.6. The molecule has 0 saturated carbocycles. The number of hydrogen-bond acceptors (Lipinski definition) is 6. The van der Waals surface area contributed by atoms with Crippen LogP contribution in [0.25, 0.3) is 0 Å². The number of carbonyl (C=O) groups excluding carboxylic acids is 1. The third kappa shape index (κ3) is 6.38. The minimum Gasteiger partial charge on any atom is -0.495 e. The van der Waals surface area contributed by atoms with Crippen LogP contribution in [0.3, 0.4) is 0 Å². The summed E-state index contributed by atoms with van der Waals surface area (Å²) in [6.45, 7) is 2.05. The van der Waals surface area contributed by atoms with Gasteiger partial charge in [-0.25, -0.2) is 16.8 Å². The second-order valence-corrected chi connectivity index (χ2v) is 13.3. The van der Waals surface area contributed by atoms with E-state index in [2.05, 4.69) is 5.32 Å². The molecule has 0 spiro atoms. The fraction of sp³-hybridized carbons (Fsp3) is 0.296. The molecule has 4 rings (SSSR count). The zero-order valence-corrected chi connectivity index (χ0v) is 24.0. The van der Waals surface area contributed by atoms with E-state index < -0.39 is 32.5 Å². The van der Waals surface area contributed by atoms with Crippen molar-refractivity contribution in [3.8, 4) is 5.75 Å². The van der Waals surface area contributed by atoms with Gasteiger partial charge in [0.25, 0.3) is 10.0 Å². The molecule has 0 aliphatic carbocycles. The van der Waals surface area contributed by atoms with Gasteiger partial charge in [0.05, 0.1) is 28.3 Å². The molecule has 0 radical (unpaired) electrons. The molecule has 3 aromatic rings. The number of rotatable bonds is 9. The van der Waals surface area contributed by atoms with Gasteiger partial charge in [-0.15, -0.1) is 0 Å². The first-order chi connectivity index (χ1) is 18.5. The van der Waals surface area contributed by atoms with E-state index in [1.54, 1.807) is 37.3 Å². The number of amides is 1. The second-order valence-electron chi connectivity index (χ2n) is 9.13. The summed E-state index contributed by atoms with van der Waals surface area (Å²) in [4.78, 5) is 13.3. The van der Waals surface area contributed by atoms with Gasteiger partial charge < -0.3 is 10.1 Å². The van der Waals surface area contributed by atoms with Crippen LogP contribution in [0.4, 0.5) is 11.4 Å². The van der Waals surface area contributed by atoms with Gasteiger partial charge in [-0.05, 0) is 67.8 Å². The molecule has 9 nitrogen and oxygen atoms in total. The number of aryl methyl sites for hydroxylation is 1. The van der Waals surface area contributed by atoms with Gasteiger partial charge >= 0.3 is 0 Å². The predicted octanol–water partition coefficient (Wildman–Crippen LogP) is 4.67. The highest BCUT2D eigenvalue weighted by Gasteiger charge is 2.29. The molecular formula is C27H30ClN3O6S2. The number of anilines is 2. The summed E-state index contributed by atoms with van der Waals surface area (Å²) >= 11 is 6.28. The Morgan fingerprint density at radius 3 is 2.28 bits per heavy atom. The monoisotopic (exact) mass is 591 g/mol. The van der Waals surface area contributed by atoms with Gasteiger partial charge in [-0.3, -0.25) is 9.10 Å². The Balaban J connectivity index is 1.66. The van der Waals surface area contributed by atoms with E-state index in [9.17, 15) is 21.6 Å². The lowest BCUT2D eigenvalue weighted by Crippen LogP contribution is -2.38. The Hall–Kier alpha value is -3.12. The van der Waals surface area contributed by atoms with Gasteiger partial charge in [-0.1, -0.05) is 42.3 Å². The van der Waals surface area contributed by atoms with E-state index in [0.717, 1.165) is 29.1 Å². The Bertz CT molecular complexity index is 1560. The van der Waals surface area contributed by atoms with E-state index >= 15 is 0 Å². The Labute approximate surface area is 234 Å². The molecule has 1 fully saturated rings. The zero-order valence-electron chi connectivity index (χ0n) is 21.6. The third-order valence-electron chi connectivity index (χ3n) is 6.46. The molecule has 1 aliphatic rings. The summed E-state index contributed by atoms with van der Waals surface area (Å²) in [5.41, 5.74) is 1.07. The van der Waals surface area contributed by atoms with Crippen LogP contribution in [0.1, 0.15) is 24.8 Å². The number of methoxy groups -OCH3 is 1. The van der Waals surface area contributed by atoms with E-state index in [1.165, 1.54) is 47.8 Å². The maximum atomic E-state index is 13.6. The van der Waals surface area contributed by atoms with Crippen LogP contribution in [0, 0.1) is 6.92 Å². The number of ether oxygens (including phenoxy) is 1. The largest absolute Gasteiger partial charge is 0.495 e. The molecule has 0 atom stereocenters. The topological polar surface area (TPSA) is 113 Å². The minimum atomic E-state index is -4.15. The van der Waals surface area contributed by atoms with Crippen LogP contribution in [-0.4, -0.2) is 53.8 Å². The summed E-state index contributed by atoms with van der Waals surface area (Å²) in [5.74, 6) is -0.464. The zero-order chi connectivity index (χ0) is 28.2. The summed E-state index contributed by atoms with van der Waals surface area (Å²) in [7, 11) is -6.53. The van der Waals surface area contributed by atoms with E-state index in [4.69, 9.17) is 16.3 Å². The van der Waals surface area contributed by atoms with Gasteiger partial charge in [-0.2, -0.15) is 4.31 Å². The number of hydrogen-bond donors (Lipinski definition) is 1. The molecular weight excluding hydrogens is 562 g/mol. The maximum Gasteiger partial charge on any atom is 0.264 e. The number of nitrogens with one attached hydrogen (secondary N) is 1. The minimum absolute atomic E-state index is 0.00157. The first-order valence-electron chi connectivity index (χ1n) is 12.4. The fourth-order valence-corrected chi connectivity index (χ4v) is 7.44. The van der Waals surface area contributed by atoms with Crippen LogP contribution in [0.15, 0.2) is 76.5 Å². The predicted molar refractivity (Wildman–Crippen MR) is 151 cm³/mol. The van der Waals surface area contributed by atoms with Gasteiger partial charge in [0.2, 0.25) is 15.9 Å². The van der Waals surface area contributed by atoms with Crippen molar-refractivity contribution in [2.45, 2.75) is 36.0 Å². The molecule has 1 amide bonds. The molecule has 3 aromatic carbocycles. The standard InChI is InChI=1S/C27H30ClN3O6S2/c1-20-11-12-21(17-24(20)28)31(39(35,36)22-9-5-3-6-10-22)19-27(32)29-25-18-23(13-14-26(25)37-2)38(33,34)30-15-7-4-8-16-30/h3,5-6,9-14,17-18H,4,7-8,15-16,19H2,1-2H3,(H,29,32). The molecule has 1 saturated heterocycles. The van der Waals surface area contributed by atoms with Crippen molar-refractivity contribution in [2.75, 3.05) is 36.4 Å². The Kier molecular flexibility index (Phi) is 8.85. The molecule has 1 aliphatic heterocycles. The summed E-state index contributed by atoms with van der Waals surface area (Å²) in [6, 6.07) is 16.7. The average molecular weight is 592 g/mol. The lowest BCUT2D eigenvalue weighted by atomic mass is 10.2. The molecule has 1 N–H and O–H groups in total. The lowest BCUT2D eigenvalue weighted by molar-refractivity contribution is -0.114. The molecule has 39 heavy (non-hydrogen) atoms. The quantitative estimate of drug-likeness (QED) is 0.387. The number of benzene rings is 3. The van der Waals surface area contributed by atoms with Crippen molar-refractivity contribution in [1.82, 2.24) is 4.31 Å². The van der Waals surface area contributed by atoms with Crippen LogP contribution in [0.5, 0.6) is 5.75 Å². The summed E-state index contributed by atoms with van der Waals surface area (Å²) in [6.07, 6.45) is 2.55. The van der Waals surface area contributed by atoms with Crippen LogP contribution in [-0.2, 0) is 24.8 Å². The normalized spacial score (nSPS) is 14.5. The smallest absolute Gasteiger partial charge is 0.264 e. The van der Waals surface area contributed by atoms with Gasteiger partial charge in [0.15, 0.2) is 0 Å². The first-order valence-corrected chi connectivity index (χ1v) is 15.6. The van der Waals surface area contributed by atoms with Crippen molar-refractivity contribution in [2.24, 2.45) is 0 Å². The highest BCUT2D eigenvalue weighted by Crippen LogP contribution is 2.31. The van der Waals surface area contributed by atoms with E-state index in [-0.39, 0.29) is 26.9 Å².